The van der Waals surface area contributed by atoms with Crippen LogP contribution in [0.4, 0.5) is 11.4 Å². The van der Waals surface area contributed by atoms with Crippen molar-refractivity contribution < 1.29 is 9.47 Å². The van der Waals surface area contributed by atoms with Gasteiger partial charge in [0.2, 0.25) is 0 Å². The number of nitrogens with one attached hydrogen (secondary N) is 1. The maximum atomic E-state index is 6.24. The van der Waals surface area contributed by atoms with Crippen molar-refractivity contribution in [3.05, 3.63) is 128 Å². The SMILES string of the molecule is CCOc1cc(C=Nc2ccc([C@@H]3Nc4ccc(C)cc4[C@@H]4C=CC[C@@H]43)cc2)cc(Br)c1OCc1cc(C)cc(C)c1. The molecular formula is C37H37BrN2O2. The molecule has 0 spiro atoms. The lowest BCUT2D eigenvalue weighted by Gasteiger charge is -2.37. The number of halogens is 1. The monoisotopic (exact) mass is 620 g/mol. The molecule has 214 valence electrons. The molecule has 6 rings (SSSR count). The second-order valence-electron chi connectivity index (χ2n) is 11.5. The van der Waals surface area contributed by atoms with Crippen LogP contribution in [0.2, 0.25) is 0 Å². The van der Waals surface area contributed by atoms with Crippen LogP contribution in [0, 0.1) is 26.7 Å². The molecule has 5 heteroatoms. The first kappa shape index (κ1) is 28.3. The van der Waals surface area contributed by atoms with Gasteiger partial charge in [-0.3, -0.25) is 4.99 Å². The summed E-state index contributed by atoms with van der Waals surface area (Å²) in [6.45, 7) is 9.38. The topological polar surface area (TPSA) is 42.8 Å². The first-order valence-corrected chi connectivity index (χ1v) is 15.5. The molecule has 0 unspecified atom stereocenters. The lowest BCUT2D eigenvalue weighted by atomic mass is 9.76. The van der Waals surface area contributed by atoms with Gasteiger partial charge < -0.3 is 14.8 Å². The van der Waals surface area contributed by atoms with Gasteiger partial charge in [0.25, 0.3) is 0 Å². The van der Waals surface area contributed by atoms with Crippen LogP contribution in [0.15, 0.2) is 94.4 Å². The normalized spacial score (nSPS) is 18.9. The van der Waals surface area contributed by atoms with E-state index in [1.165, 1.54) is 33.5 Å². The Morgan fingerprint density at radius 3 is 2.45 bits per heavy atom. The van der Waals surface area contributed by atoms with E-state index in [-0.39, 0.29) is 6.04 Å². The first-order chi connectivity index (χ1) is 20.4. The van der Waals surface area contributed by atoms with Crippen LogP contribution in [0.5, 0.6) is 11.5 Å². The summed E-state index contributed by atoms with van der Waals surface area (Å²) < 4.78 is 13.0. The van der Waals surface area contributed by atoms with Crippen molar-refractivity contribution >= 4 is 33.5 Å². The molecule has 0 amide bonds. The van der Waals surface area contributed by atoms with Crippen molar-refractivity contribution in [1.82, 2.24) is 0 Å². The molecule has 0 saturated heterocycles. The molecule has 4 nitrogen and oxygen atoms in total. The Hall–Kier alpha value is -3.83. The van der Waals surface area contributed by atoms with E-state index >= 15 is 0 Å². The predicted octanol–water partition coefficient (Wildman–Crippen LogP) is 9.93. The van der Waals surface area contributed by atoms with Gasteiger partial charge in [0.1, 0.15) is 6.61 Å². The van der Waals surface area contributed by atoms with Gasteiger partial charge >= 0.3 is 0 Å². The highest BCUT2D eigenvalue weighted by molar-refractivity contribution is 9.10. The van der Waals surface area contributed by atoms with Gasteiger partial charge in [0, 0.05) is 17.8 Å². The Kier molecular flexibility index (Phi) is 8.21. The summed E-state index contributed by atoms with van der Waals surface area (Å²) in [6, 6.07) is 26.2. The smallest absolute Gasteiger partial charge is 0.175 e. The van der Waals surface area contributed by atoms with E-state index in [9.17, 15) is 0 Å². The van der Waals surface area contributed by atoms with E-state index in [0.717, 1.165) is 27.7 Å². The van der Waals surface area contributed by atoms with Gasteiger partial charge in [-0.25, -0.2) is 0 Å². The lowest BCUT2D eigenvalue weighted by molar-refractivity contribution is 0.267. The molecule has 1 aliphatic heterocycles. The molecule has 0 bridgehead atoms. The van der Waals surface area contributed by atoms with Crippen molar-refractivity contribution in [2.45, 2.75) is 52.7 Å². The molecule has 0 radical (unpaired) electrons. The highest BCUT2D eigenvalue weighted by Gasteiger charge is 2.37. The van der Waals surface area contributed by atoms with E-state index in [2.05, 4.69) is 115 Å². The zero-order chi connectivity index (χ0) is 29.2. The number of ether oxygens (including phenoxy) is 2. The molecule has 3 atom stereocenters. The third-order valence-corrected chi connectivity index (χ3v) is 8.72. The molecule has 1 heterocycles. The summed E-state index contributed by atoms with van der Waals surface area (Å²) in [6.07, 6.45) is 7.71. The lowest BCUT2D eigenvalue weighted by Crippen LogP contribution is -2.29. The second-order valence-corrected chi connectivity index (χ2v) is 12.3. The van der Waals surface area contributed by atoms with Gasteiger partial charge in [0.15, 0.2) is 11.5 Å². The van der Waals surface area contributed by atoms with Crippen molar-refractivity contribution in [3.63, 3.8) is 0 Å². The average Bonchev–Trinajstić information content (AvgIpc) is 3.46. The fraction of sp³-hybridized carbons (Fsp3) is 0.270. The molecule has 2 aliphatic rings. The molecular weight excluding hydrogens is 584 g/mol. The predicted molar refractivity (Wildman–Crippen MR) is 177 cm³/mol. The summed E-state index contributed by atoms with van der Waals surface area (Å²) in [4.78, 5) is 4.78. The van der Waals surface area contributed by atoms with Crippen LogP contribution in [0.3, 0.4) is 0 Å². The zero-order valence-electron chi connectivity index (χ0n) is 24.7. The minimum absolute atomic E-state index is 0.277. The van der Waals surface area contributed by atoms with Crippen molar-refractivity contribution in [2.75, 3.05) is 11.9 Å². The minimum atomic E-state index is 0.277. The van der Waals surface area contributed by atoms with E-state index in [0.29, 0.717) is 36.5 Å². The van der Waals surface area contributed by atoms with Gasteiger partial charge in [-0.1, -0.05) is 71.3 Å². The van der Waals surface area contributed by atoms with Crippen molar-refractivity contribution in [1.29, 1.82) is 0 Å². The highest BCUT2D eigenvalue weighted by Crippen LogP contribution is 2.50. The van der Waals surface area contributed by atoms with E-state index in [4.69, 9.17) is 14.5 Å². The van der Waals surface area contributed by atoms with Gasteiger partial charge in [-0.15, -0.1) is 0 Å². The molecule has 1 N–H and O–H groups in total. The van der Waals surface area contributed by atoms with Gasteiger partial charge in [-0.2, -0.15) is 0 Å². The molecule has 0 saturated carbocycles. The molecule has 4 aromatic rings. The summed E-state index contributed by atoms with van der Waals surface area (Å²) in [5.74, 6) is 2.40. The van der Waals surface area contributed by atoms with E-state index in [1.807, 2.05) is 25.3 Å². The number of aryl methyl sites for hydroxylation is 3. The van der Waals surface area contributed by atoms with Crippen LogP contribution in [-0.2, 0) is 6.61 Å². The number of allylic oxidation sites excluding steroid dienone is 2. The molecule has 42 heavy (non-hydrogen) atoms. The number of anilines is 1. The number of aliphatic imine (C=N–C) groups is 1. The fourth-order valence-corrected chi connectivity index (χ4v) is 6.91. The summed E-state index contributed by atoms with van der Waals surface area (Å²) in [5.41, 5.74) is 10.7. The summed E-state index contributed by atoms with van der Waals surface area (Å²) in [7, 11) is 0. The largest absolute Gasteiger partial charge is 0.490 e. The van der Waals surface area contributed by atoms with Crippen LogP contribution >= 0.6 is 15.9 Å². The third kappa shape index (κ3) is 6.03. The Morgan fingerprint density at radius 1 is 0.905 bits per heavy atom. The third-order valence-electron chi connectivity index (χ3n) is 8.13. The van der Waals surface area contributed by atoms with Crippen LogP contribution in [0.25, 0.3) is 0 Å². The number of hydrogen-bond acceptors (Lipinski definition) is 4. The Bertz CT molecular complexity index is 1640. The number of hydrogen-bond donors (Lipinski definition) is 1. The Morgan fingerprint density at radius 2 is 1.69 bits per heavy atom. The quantitative estimate of drug-likeness (QED) is 0.157. The van der Waals surface area contributed by atoms with Gasteiger partial charge in [0.05, 0.1) is 22.8 Å². The average molecular weight is 622 g/mol. The first-order valence-electron chi connectivity index (χ1n) is 14.7. The van der Waals surface area contributed by atoms with Crippen molar-refractivity contribution in [2.24, 2.45) is 10.9 Å². The van der Waals surface area contributed by atoms with E-state index in [1.54, 1.807) is 0 Å². The second kappa shape index (κ2) is 12.2. The van der Waals surface area contributed by atoms with E-state index < -0.39 is 0 Å². The number of nitrogens with zero attached hydrogens (tertiary/aromatic N) is 1. The van der Waals surface area contributed by atoms with Gasteiger partial charge in [-0.05, 0) is 109 Å². The number of rotatable bonds is 8. The fourth-order valence-electron chi connectivity index (χ4n) is 6.33. The summed E-state index contributed by atoms with van der Waals surface area (Å²) >= 11 is 3.71. The maximum absolute atomic E-state index is 6.24. The number of fused-ring (bicyclic) bond motifs is 3. The van der Waals surface area contributed by atoms with Crippen molar-refractivity contribution in [3.8, 4) is 11.5 Å². The molecule has 4 aromatic carbocycles. The summed E-state index contributed by atoms with van der Waals surface area (Å²) in [5, 5.41) is 3.84. The standard InChI is InChI=1S/C37H37BrN2O2/c1-5-41-35-20-26(19-33(38)37(35)42-22-27-16-24(3)15-25(4)17-27)21-39-29-12-10-28(11-13-29)36-31-8-6-7-30(31)32-18-23(2)9-14-34(32)40-36/h6-7,9-21,30-31,36,40H,5,8,22H2,1-4H3/t30-,31+,36+/m1/s1. The molecule has 1 aliphatic carbocycles. The minimum Gasteiger partial charge on any atom is -0.490 e. The van der Waals surface area contributed by atoms with Crippen LogP contribution < -0.4 is 14.8 Å². The zero-order valence-corrected chi connectivity index (χ0v) is 26.2. The Labute approximate surface area is 257 Å². The Balaban J connectivity index is 1.18. The van der Waals surface area contributed by atoms with Crippen LogP contribution in [0.1, 0.15) is 64.2 Å². The number of benzene rings is 4. The molecule has 0 fully saturated rings. The van der Waals surface area contributed by atoms with Crippen LogP contribution in [-0.4, -0.2) is 12.8 Å². The highest BCUT2D eigenvalue weighted by atomic mass is 79.9. The maximum Gasteiger partial charge on any atom is 0.175 e. The molecule has 0 aromatic heterocycles.